The van der Waals surface area contributed by atoms with E-state index in [9.17, 15) is 13.0 Å². The third-order valence-electron chi connectivity index (χ3n) is 2.23. The second-order valence-electron chi connectivity index (χ2n) is 3.55. The second-order valence-corrected chi connectivity index (χ2v) is 5.08. The van der Waals surface area contributed by atoms with Crippen molar-refractivity contribution in [2.24, 2.45) is 0 Å². The van der Waals surface area contributed by atoms with E-state index in [0.717, 1.165) is 5.56 Å². The second kappa shape index (κ2) is 5.15. The Hall–Kier alpha value is -1.93. The number of aromatic nitrogens is 4. The molecule has 0 saturated heterocycles. The highest BCUT2D eigenvalue weighted by atomic mass is 32.2. The fraction of sp³-hybridized carbons (Fsp3) is 0.200. The molecule has 8 heteroatoms. The molecule has 0 aliphatic carbocycles. The normalized spacial score (nSPS) is 11.4. The van der Waals surface area contributed by atoms with Crippen molar-refractivity contribution in [3.63, 3.8) is 0 Å². The molecule has 2 rings (SSSR count). The Balaban J connectivity index is 2.11. The van der Waals surface area contributed by atoms with Crippen LogP contribution in [0.2, 0.25) is 0 Å². The number of hydrogen-bond donors (Lipinski definition) is 0. The molecule has 0 N–H and O–H groups in total. The van der Waals surface area contributed by atoms with E-state index in [2.05, 4.69) is 15.2 Å². The first kappa shape index (κ1) is 12.5. The van der Waals surface area contributed by atoms with Gasteiger partial charge in [-0.15, -0.1) is 5.10 Å². The molecular weight excluding hydrogens is 256 g/mol. The lowest BCUT2D eigenvalue weighted by atomic mass is 10.2. The fourth-order valence-electron chi connectivity index (χ4n) is 1.35. The van der Waals surface area contributed by atoms with Gasteiger partial charge in [0.15, 0.2) is 24.8 Å². The van der Waals surface area contributed by atoms with Crippen molar-refractivity contribution in [1.29, 1.82) is 0 Å². The van der Waals surface area contributed by atoms with E-state index in [4.69, 9.17) is 0 Å². The fourth-order valence-corrected chi connectivity index (χ4v) is 1.79. The first-order valence-electron chi connectivity index (χ1n) is 5.11. The Morgan fingerprint density at radius 1 is 1.22 bits per heavy atom. The van der Waals surface area contributed by atoms with Crippen molar-refractivity contribution in [3.05, 3.63) is 36.9 Å². The topological polar surface area (TPSA) is 99.8 Å². The van der Waals surface area contributed by atoms with Crippen molar-refractivity contribution >= 4 is 10.1 Å². The summed E-state index contributed by atoms with van der Waals surface area (Å²) < 4.78 is 33.1. The summed E-state index contributed by atoms with van der Waals surface area (Å²) in [6, 6.07) is 3.46. The van der Waals surface area contributed by atoms with Crippen LogP contribution in [0.1, 0.15) is 0 Å². The van der Waals surface area contributed by atoms with Gasteiger partial charge in [-0.1, -0.05) is 0 Å². The highest BCUT2D eigenvalue weighted by molar-refractivity contribution is 7.85. The summed E-state index contributed by atoms with van der Waals surface area (Å²) in [5.41, 5.74) is 0.768. The largest absolute Gasteiger partial charge is 0.748 e. The molecule has 0 bridgehead atoms. The summed E-state index contributed by atoms with van der Waals surface area (Å²) in [6.07, 6.45) is 6.34. The molecule has 0 unspecified atom stereocenters. The van der Waals surface area contributed by atoms with Gasteiger partial charge in [0, 0.05) is 23.9 Å². The molecule has 0 saturated carbocycles. The minimum absolute atomic E-state index is 0.125. The first-order chi connectivity index (χ1) is 8.54. The highest BCUT2D eigenvalue weighted by Gasteiger charge is 2.06. The van der Waals surface area contributed by atoms with Gasteiger partial charge in [-0.3, -0.25) is 0 Å². The van der Waals surface area contributed by atoms with Gasteiger partial charge in [-0.25, -0.2) is 18.0 Å². The smallest absolute Gasteiger partial charge is 0.182 e. The zero-order chi connectivity index (χ0) is 13.0. The van der Waals surface area contributed by atoms with Crippen LogP contribution in [0.3, 0.4) is 0 Å². The Morgan fingerprint density at radius 3 is 2.50 bits per heavy atom. The third-order valence-corrected chi connectivity index (χ3v) is 2.91. The Labute approximate surface area is 104 Å². The molecule has 0 aliphatic heterocycles. The summed E-state index contributed by atoms with van der Waals surface area (Å²) in [5.74, 6) is 0.0570. The average molecular weight is 266 g/mol. The lowest BCUT2D eigenvalue weighted by Gasteiger charge is -2.03. The van der Waals surface area contributed by atoms with Gasteiger partial charge >= 0.3 is 0 Å². The van der Waals surface area contributed by atoms with Crippen molar-refractivity contribution in [2.75, 3.05) is 5.75 Å². The van der Waals surface area contributed by atoms with E-state index < -0.39 is 15.9 Å². The minimum atomic E-state index is -4.19. The van der Waals surface area contributed by atoms with Gasteiger partial charge in [0.05, 0.1) is 11.9 Å². The molecule has 2 aromatic heterocycles. The van der Waals surface area contributed by atoms with E-state index in [1.54, 1.807) is 29.1 Å². The quantitative estimate of drug-likeness (QED) is 0.539. The average Bonchev–Trinajstić information content (AvgIpc) is 2.37. The van der Waals surface area contributed by atoms with Gasteiger partial charge < -0.3 is 4.55 Å². The number of nitrogens with zero attached hydrogens (tertiary/aromatic N) is 4. The Kier molecular flexibility index (Phi) is 3.58. The van der Waals surface area contributed by atoms with Crippen LogP contribution in [0.4, 0.5) is 0 Å². The molecule has 0 atom stereocenters. The zero-order valence-electron chi connectivity index (χ0n) is 9.30. The molecule has 0 fully saturated rings. The van der Waals surface area contributed by atoms with Crippen LogP contribution in [-0.4, -0.2) is 33.9 Å². The summed E-state index contributed by atoms with van der Waals surface area (Å²) in [5, 5.41) is 7.56. The van der Waals surface area contributed by atoms with Gasteiger partial charge in [0.1, 0.15) is 10.1 Å². The van der Waals surface area contributed by atoms with Crippen LogP contribution in [-0.2, 0) is 16.7 Å². The Bertz CT molecular complexity index is 613. The highest BCUT2D eigenvalue weighted by Crippen LogP contribution is 2.09. The van der Waals surface area contributed by atoms with Crippen molar-refractivity contribution < 1.29 is 17.5 Å². The number of hydrogen-bond acceptors (Lipinski definition) is 6. The van der Waals surface area contributed by atoms with Gasteiger partial charge in [-0.2, -0.15) is 5.10 Å². The third kappa shape index (κ3) is 3.54. The molecule has 94 valence electrons. The maximum Gasteiger partial charge on any atom is 0.182 e. The summed E-state index contributed by atoms with van der Waals surface area (Å²) in [6.45, 7) is 0.125. The van der Waals surface area contributed by atoms with Crippen LogP contribution in [0.25, 0.3) is 11.4 Å². The molecule has 0 amide bonds. The van der Waals surface area contributed by atoms with Crippen LogP contribution in [0.5, 0.6) is 0 Å². The lowest BCUT2D eigenvalue weighted by Crippen LogP contribution is -2.36. The first-order valence-corrected chi connectivity index (χ1v) is 6.69. The van der Waals surface area contributed by atoms with Crippen LogP contribution >= 0.6 is 0 Å². The van der Waals surface area contributed by atoms with Crippen molar-refractivity contribution in [3.8, 4) is 11.4 Å². The van der Waals surface area contributed by atoms with E-state index in [1.165, 1.54) is 12.4 Å². The van der Waals surface area contributed by atoms with Gasteiger partial charge in [0.25, 0.3) is 0 Å². The molecule has 2 aromatic rings. The molecule has 0 aliphatic rings. The van der Waals surface area contributed by atoms with Crippen LogP contribution in [0, 0.1) is 0 Å². The van der Waals surface area contributed by atoms with Gasteiger partial charge in [0.2, 0.25) is 0 Å². The minimum Gasteiger partial charge on any atom is -0.748 e. The maximum atomic E-state index is 10.5. The van der Waals surface area contributed by atoms with Crippen LogP contribution in [0.15, 0.2) is 36.9 Å². The summed E-state index contributed by atoms with van der Waals surface area (Å²) in [4.78, 5) is 4.04. The van der Waals surface area contributed by atoms with E-state index in [1.807, 2.05) is 0 Å². The predicted molar refractivity (Wildman–Crippen MR) is 60.0 cm³/mol. The predicted octanol–water partition coefficient (Wildman–Crippen LogP) is -0.629. The molecule has 2 heterocycles. The van der Waals surface area contributed by atoms with E-state index in [0.29, 0.717) is 5.82 Å². The number of pyridine rings is 1. The zero-order valence-corrected chi connectivity index (χ0v) is 10.1. The molecule has 0 aromatic carbocycles. The summed E-state index contributed by atoms with van der Waals surface area (Å²) in [7, 11) is -4.19. The summed E-state index contributed by atoms with van der Waals surface area (Å²) >= 11 is 0. The number of rotatable bonds is 4. The maximum absolute atomic E-state index is 10.5. The molecular formula is C10H10N4O3S. The molecule has 18 heavy (non-hydrogen) atoms. The van der Waals surface area contributed by atoms with Crippen molar-refractivity contribution in [2.45, 2.75) is 6.54 Å². The van der Waals surface area contributed by atoms with E-state index in [-0.39, 0.29) is 6.54 Å². The van der Waals surface area contributed by atoms with Gasteiger partial charge in [-0.05, 0) is 0 Å². The number of aryl methyl sites for hydroxylation is 1. The van der Waals surface area contributed by atoms with Crippen LogP contribution < -0.4 is 4.57 Å². The standard InChI is InChI=1S/C10H10N4O3S/c15-18(16,17)8-7-14-5-1-9(2-6-14)10-11-3-4-12-13-10/h1-6H,7-8H2. The monoisotopic (exact) mass is 266 g/mol. The SMILES string of the molecule is O=S(=O)([O-])CC[n+]1ccc(-c2nccnn2)cc1. The Morgan fingerprint density at radius 2 is 1.94 bits per heavy atom. The molecule has 0 spiro atoms. The lowest BCUT2D eigenvalue weighted by molar-refractivity contribution is -0.692. The molecule has 0 radical (unpaired) electrons. The molecule has 7 nitrogen and oxygen atoms in total. The van der Waals surface area contributed by atoms with E-state index >= 15 is 0 Å². The van der Waals surface area contributed by atoms with Crippen molar-refractivity contribution in [1.82, 2.24) is 15.2 Å².